The Morgan fingerprint density at radius 1 is 0.885 bits per heavy atom. The lowest BCUT2D eigenvalue weighted by Crippen LogP contribution is -2.50. The van der Waals surface area contributed by atoms with Crippen LogP contribution >= 0.6 is 0 Å². The monoisotopic (exact) mass is 824 g/mol. The molecule has 9 heterocycles. The van der Waals surface area contributed by atoms with Crippen molar-refractivity contribution < 1.29 is 23.8 Å². The van der Waals surface area contributed by atoms with Crippen LogP contribution in [0.5, 0.6) is 0 Å². The lowest BCUT2D eigenvalue weighted by atomic mass is 10.0. The largest absolute Gasteiger partial charge is 0.465 e. The van der Waals surface area contributed by atoms with E-state index in [9.17, 15) is 9.59 Å². The van der Waals surface area contributed by atoms with Crippen LogP contribution in [0.3, 0.4) is 0 Å². The normalized spacial score (nSPS) is 16.8. The first-order valence-corrected chi connectivity index (χ1v) is 20.6. The van der Waals surface area contributed by atoms with Gasteiger partial charge < -0.3 is 38.5 Å². The van der Waals surface area contributed by atoms with Crippen LogP contribution in [0.4, 0.5) is 11.5 Å². The third-order valence-corrected chi connectivity index (χ3v) is 11.4. The molecule has 0 aliphatic carbocycles. The van der Waals surface area contributed by atoms with Crippen LogP contribution < -0.4 is 9.80 Å². The van der Waals surface area contributed by atoms with Gasteiger partial charge in [-0.2, -0.15) is 4.48 Å². The third-order valence-electron chi connectivity index (χ3n) is 11.4. The molecule has 1 atom stereocenters. The number of nitrogens with zero attached hydrogens (tertiary/aromatic N) is 9. The molecule has 0 bridgehead atoms. The van der Waals surface area contributed by atoms with Gasteiger partial charge in [0.05, 0.1) is 42.0 Å². The van der Waals surface area contributed by atoms with Gasteiger partial charge in [0.1, 0.15) is 30.2 Å². The number of nitrogens with one attached hydrogen (secondary N) is 2. The summed E-state index contributed by atoms with van der Waals surface area (Å²) in [7, 11) is 5.71. The van der Waals surface area contributed by atoms with Gasteiger partial charge in [-0.1, -0.05) is 0 Å². The minimum absolute atomic E-state index is 0.0293. The number of carbonyl (C=O) groups is 2. The zero-order valence-electron chi connectivity index (χ0n) is 34.9. The fourth-order valence-corrected chi connectivity index (χ4v) is 9.00. The summed E-state index contributed by atoms with van der Waals surface area (Å²) in [6, 6.07) is 13.9. The number of morpholine rings is 1. The molecule has 1 amide bonds. The first-order chi connectivity index (χ1) is 29.8. The van der Waals surface area contributed by atoms with Gasteiger partial charge in [-0.3, -0.25) is 14.5 Å². The number of aromatic nitrogens is 7. The highest BCUT2D eigenvalue weighted by Gasteiger charge is 2.52. The molecule has 0 radical (unpaired) electrons. The maximum absolute atomic E-state index is 14.9. The third kappa shape index (κ3) is 7.35. The van der Waals surface area contributed by atoms with Gasteiger partial charge in [0.2, 0.25) is 5.82 Å². The maximum atomic E-state index is 14.9. The van der Waals surface area contributed by atoms with Crippen molar-refractivity contribution in [2.45, 2.75) is 26.7 Å². The molecule has 9 rings (SSSR count). The van der Waals surface area contributed by atoms with Crippen molar-refractivity contribution in [1.29, 1.82) is 0 Å². The second-order valence-corrected chi connectivity index (χ2v) is 15.6. The number of carbonyl (C=O) groups excluding carboxylic acids is 2. The van der Waals surface area contributed by atoms with Gasteiger partial charge in [0.25, 0.3) is 5.91 Å². The predicted octanol–water partition coefficient (Wildman–Crippen LogP) is 5.15. The smallest absolute Gasteiger partial charge is 0.325 e. The number of rotatable bonds is 15. The van der Waals surface area contributed by atoms with Crippen LogP contribution in [-0.2, 0) is 43.6 Å². The van der Waals surface area contributed by atoms with Gasteiger partial charge in [-0.25, -0.2) is 19.9 Å². The standard InChI is InChI=1S/C45H49N11O5/c1-5-61-40(58)27-54-25-36(32-10-7-14-48-43(32)54)38-23-34-30(35-24-55(29-59-4)44-31(35)9-6-15-49-44)12-16-50-45(34)56(38,28-39(57)46-17-18-53-19-21-60-22-20-53)41-33-11-8-13-47-42(33)51-37(41)26-52(2)3/h6-16,23-25H,5,17-22,26-29H2,1-4H3,(H-,46,47,51,57)/p+1. The average molecular weight is 825 g/mol. The van der Waals surface area contributed by atoms with Gasteiger partial charge in [-0.05, 0) is 63.5 Å². The SMILES string of the molecule is CCOC(=O)Cn1cc(C2=Cc3c(-c4cn(COC)c5ncccc45)ccnc3[N+]2(CC(=O)NCCN2CCOCC2)c2c(CN(C)C)[nH]c3ncccc23)c2cccnc21. The number of quaternary nitrogens is 1. The van der Waals surface area contributed by atoms with E-state index in [1.54, 1.807) is 32.6 Å². The Morgan fingerprint density at radius 3 is 2.33 bits per heavy atom. The molecule has 1 unspecified atom stereocenters. The van der Waals surface area contributed by atoms with Crippen molar-refractivity contribution in [2.75, 3.05) is 73.7 Å². The molecule has 0 spiro atoms. The second-order valence-electron chi connectivity index (χ2n) is 15.6. The number of aromatic amines is 1. The molecule has 2 aliphatic heterocycles. The number of amides is 1. The van der Waals surface area contributed by atoms with Crippen molar-refractivity contribution in [3.63, 3.8) is 0 Å². The zero-order chi connectivity index (χ0) is 42.1. The Kier molecular flexibility index (Phi) is 11.2. The van der Waals surface area contributed by atoms with Crippen LogP contribution in [0.15, 0.2) is 79.6 Å². The van der Waals surface area contributed by atoms with Crippen LogP contribution in [-0.4, -0.2) is 129 Å². The number of hydrogen-bond acceptors (Lipinski definition) is 11. The van der Waals surface area contributed by atoms with Gasteiger partial charge in [0, 0.05) is 105 Å². The number of esters is 1. The van der Waals surface area contributed by atoms with E-state index < -0.39 is 0 Å². The molecule has 1 fully saturated rings. The fraction of sp³-hybridized carbons (Fsp3) is 0.333. The molecule has 2 N–H and O–H groups in total. The molecule has 7 aromatic heterocycles. The summed E-state index contributed by atoms with van der Waals surface area (Å²) in [6.45, 7) is 6.97. The molecule has 0 aromatic carbocycles. The first-order valence-electron chi connectivity index (χ1n) is 20.6. The molecular formula is C45H50N11O5+. The van der Waals surface area contributed by atoms with E-state index in [1.807, 2.05) is 66.0 Å². The molecule has 61 heavy (non-hydrogen) atoms. The van der Waals surface area contributed by atoms with Crippen molar-refractivity contribution >= 4 is 68.3 Å². The lowest BCUT2D eigenvalue weighted by Gasteiger charge is -2.35. The summed E-state index contributed by atoms with van der Waals surface area (Å²) >= 11 is 0. The summed E-state index contributed by atoms with van der Waals surface area (Å²) in [5, 5.41) is 5.92. The molecule has 16 heteroatoms. The van der Waals surface area contributed by atoms with E-state index in [0.717, 1.165) is 74.2 Å². The first kappa shape index (κ1) is 40.1. The van der Waals surface area contributed by atoms with Crippen LogP contribution in [0.25, 0.3) is 56.0 Å². The van der Waals surface area contributed by atoms with Crippen molar-refractivity contribution in [1.82, 2.24) is 53.7 Å². The number of hydrogen-bond donors (Lipinski definition) is 2. The van der Waals surface area contributed by atoms with E-state index in [2.05, 4.69) is 44.5 Å². The fourth-order valence-electron chi connectivity index (χ4n) is 9.00. The Hall–Kier alpha value is -6.30. The van der Waals surface area contributed by atoms with Crippen molar-refractivity contribution in [3.8, 4) is 11.1 Å². The van der Waals surface area contributed by atoms with Gasteiger partial charge in [0.15, 0.2) is 17.9 Å². The van der Waals surface area contributed by atoms with E-state index in [-0.39, 0.29) is 36.1 Å². The Balaban J connectivity index is 1.32. The molecular weight excluding hydrogens is 775 g/mol. The zero-order valence-corrected chi connectivity index (χ0v) is 34.9. The molecule has 16 nitrogen and oxygen atoms in total. The number of methoxy groups -OCH3 is 1. The Morgan fingerprint density at radius 2 is 1.59 bits per heavy atom. The minimum atomic E-state index is -0.373. The predicted molar refractivity (Wildman–Crippen MR) is 234 cm³/mol. The molecule has 7 aromatic rings. The summed E-state index contributed by atoms with van der Waals surface area (Å²) in [5.41, 5.74) is 8.16. The molecule has 1 saturated heterocycles. The van der Waals surface area contributed by atoms with E-state index in [1.165, 1.54) is 0 Å². The summed E-state index contributed by atoms with van der Waals surface area (Å²) in [4.78, 5) is 55.7. The van der Waals surface area contributed by atoms with Gasteiger partial charge >= 0.3 is 5.97 Å². The van der Waals surface area contributed by atoms with Gasteiger partial charge in [-0.15, -0.1) is 0 Å². The van der Waals surface area contributed by atoms with Crippen LogP contribution in [0.2, 0.25) is 0 Å². The summed E-state index contributed by atoms with van der Waals surface area (Å²) in [6.07, 6.45) is 13.3. The molecule has 2 aliphatic rings. The van der Waals surface area contributed by atoms with Crippen molar-refractivity contribution in [2.24, 2.45) is 0 Å². The van der Waals surface area contributed by atoms with Crippen molar-refractivity contribution in [3.05, 3.63) is 96.5 Å². The number of ether oxygens (including phenoxy) is 3. The van der Waals surface area contributed by atoms with Crippen LogP contribution in [0, 0.1) is 0 Å². The average Bonchev–Trinajstić information content (AvgIpc) is 4.01. The summed E-state index contributed by atoms with van der Waals surface area (Å²) < 4.78 is 20.4. The van der Waals surface area contributed by atoms with E-state index in [4.69, 9.17) is 34.1 Å². The Labute approximate surface area is 353 Å². The number of pyridine rings is 4. The van der Waals surface area contributed by atoms with Crippen LogP contribution in [0.1, 0.15) is 23.7 Å². The topological polar surface area (TPSA) is 158 Å². The molecule has 314 valence electrons. The number of H-pyrrole nitrogens is 1. The second kappa shape index (κ2) is 17.0. The molecule has 0 saturated carbocycles. The minimum Gasteiger partial charge on any atom is -0.465 e. The highest BCUT2D eigenvalue weighted by molar-refractivity contribution is 6.13. The highest BCUT2D eigenvalue weighted by Crippen LogP contribution is 2.56. The quantitative estimate of drug-likeness (QED) is 0.104. The number of fused-ring (bicyclic) bond motifs is 4. The maximum Gasteiger partial charge on any atom is 0.325 e. The Bertz CT molecular complexity index is 2780. The lowest BCUT2D eigenvalue weighted by molar-refractivity contribution is -0.143. The summed E-state index contributed by atoms with van der Waals surface area (Å²) in [5.74, 6) is 0.150. The van der Waals surface area contributed by atoms with E-state index >= 15 is 0 Å². The highest BCUT2D eigenvalue weighted by atomic mass is 16.5. The van der Waals surface area contributed by atoms with E-state index in [0.29, 0.717) is 56.7 Å².